The summed E-state index contributed by atoms with van der Waals surface area (Å²) in [6.45, 7) is 6.41. The second-order valence-electron chi connectivity index (χ2n) is 6.28. The van der Waals surface area contributed by atoms with Crippen molar-refractivity contribution in [3.05, 3.63) is 35.4 Å². The molecule has 0 aromatic heterocycles. The van der Waals surface area contributed by atoms with Crippen molar-refractivity contribution in [1.29, 1.82) is 0 Å². The average molecular weight is 308 g/mol. The van der Waals surface area contributed by atoms with E-state index in [0.29, 0.717) is 13.1 Å². The van der Waals surface area contributed by atoms with Gasteiger partial charge in [0, 0.05) is 19.2 Å². The van der Waals surface area contributed by atoms with E-state index in [1.165, 1.54) is 4.31 Å². The number of hydrogen-bond acceptors (Lipinski definition) is 3. The third-order valence-electron chi connectivity index (χ3n) is 2.76. The van der Waals surface area contributed by atoms with E-state index in [1.807, 2.05) is 45.0 Å². The first-order valence-corrected chi connectivity index (χ1v) is 8.47. The van der Waals surface area contributed by atoms with Crippen LogP contribution in [-0.2, 0) is 16.6 Å². The molecule has 5 heteroatoms. The molecular weight excluding hydrogens is 284 g/mol. The van der Waals surface area contributed by atoms with Gasteiger partial charge in [-0.25, -0.2) is 12.7 Å². The Kier molecular flexibility index (Phi) is 5.97. The van der Waals surface area contributed by atoms with Crippen molar-refractivity contribution in [1.82, 2.24) is 4.31 Å². The summed E-state index contributed by atoms with van der Waals surface area (Å²) >= 11 is 0. The summed E-state index contributed by atoms with van der Waals surface area (Å²) in [4.78, 5) is 0. The Morgan fingerprint density at radius 2 is 1.95 bits per heavy atom. The zero-order chi connectivity index (χ0) is 16.1. The van der Waals surface area contributed by atoms with E-state index in [1.54, 1.807) is 7.05 Å². The minimum Gasteiger partial charge on any atom is -0.320 e. The number of hydrogen-bond donors (Lipinski definition) is 1. The fraction of sp³-hybridized carbons (Fsp3) is 0.500. The van der Waals surface area contributed by atoms with E-state index in [2.05, 4.69) is 11.8 Å². The van der Waals surface area contributed by atoms with Gasteiger partial charge in [0.2, 0.25) is 10.0 Å². The molecule has 0 atom stereocenters. The van der Waals surface area contributed by atoms with Gasteiger partial charge in [0.1, 0.15) is 0 Å². The highest BCUT2D eigenvalue weighted by atomic mass is 32.2. The van der Waals surface area contributed by atoms with Gasteiger partial charge in [0.15, 0.2) is 0 Å². The molecular formula is C16H24N2O2S. The summed E-state index contributed by atoms with van der Waals surface area (Å²) in [5, 5.41) is 0. The highest BCUT2D eigenvalue weighted by molar-refractivity contribution is 7.89. The van der Waals surface area contributed by atoms with E-state index in [-0.39, 0.29) is 11.2 Å². The molecule has 1 aromatic carbocycles. The lowest BCUT2D eigenvalue weighted by Gasteiger charge is -2.23. The quantitative estimate of drug-likeness (QED) is 0.863. The van der Waals surface area contributed by atoms with Crippen LogP contribution in [0.25, 0.3) is 0 Å². The Balaban J connectivity index is 2.86. The number of nitrogens with two attached hydrogens (primary N) is 1. The average Bonchev–Trinajstić information content (AvgIpc) is 2.34. The number of nitrogens with zero attached hydrogens (tertiary/aromatic N) is 1. The summed E-state index contributed by atoms with van der Waals surface area (Å²) in [6.07, 6.45) is 0. The molecule has 0 aliphatic rings. The van der Waals surface area contributed by atoms with E-state index in [9.17, 15) is 8.42 Å². The number of sulfonamides is 1. The number of benzene rings is 1. The second kappa shape index (κ2) is 7.08. The van der Waals surface area contributed by atoms with Gasteiger partial charge < -0.3 is 5.73 Å². The minimum absolute atomic E-state index is 0.128. The van der Waals surface area contributed by atoms with Gasteiger partial charge in [-0.15, -0.1) is 0 Å². The fourth-order valence-corrected chi connectivity index (χ4v) is 3.57. The van der Waals surface area contributed by atoms with E-state index < -0.39 is 10.0 Å². The van der Waals surface area contributed by atoms with Crippen LogP contribution >= 0.6 is 0 Å². The third-order valence-corrected chi connectivity index (χ3v) is 5.07. The van der Waals surface area contributed by atoms with Crippen LogP contribution in [-0.4, -0.2) is 32.1 Å². The van der Waals surface area contributed by atoms with Crippen molar-refractivity contribution >= 4 is 10.0 Å². The van der Waals surface area contributed by atoms with Crippen LogP contribution < -0.4 is 5.73 Å². The molecule has 0 amide bonds. The topological polar surface area (TPSA) is 63.4 Å². The molecule has 21 heavy (non-hydrogen) atoms. The number of rotatable bonds is 4. The Hall–Kier alpha value is -1.35. The maximum absolute atomic E-state index is 12.3. The Morgan fingerprint density at radius 3 is 2.52 bits per heavy atom. The monoisotopic (exact) mass is 308 g/mol. The summed E-state index contributed by atoms with van der Waals surface area (Å²) in [6, 6.07) is 7.55. The van der Waals surface area contributed by atoms with Crippen molar-refractivity contribution < 1.29 is 8.42 Å². The van der Waals surface area contributed by atoms with Gasteiger partial charge in [-0.3, -0.25) is 0 Å². The van der Waals surface area contributed by atoms with Crippen molar-refractivity contribution in [2.75, 3.05) is 19.3 Å². The lowest BCUT2D eigenvalue weighted by Crippen LogP contribution is -2.33. The van der Waals surface area contributed by atoms with Crippen LogP contribution in [0, 0.1) is 17.3 Å². The van der Waals surface area contributed by atoms with Gasteiger partial charge in [-0.2, -0.15) is 0 Å². The van der Waals surface area contributed by atoms with E-state index in [0.717, 1.165) is 11.1 Å². The standard InChI is InChI=1S/C16H24N2O2S/c1-16(2,3)13-21(19,20)18(4)12-15-8-5-7-14(11-15)9-6-10-17/h5,7-8,11H,10,12-13,17H2,1-4H3. The molecule has 0 unspecified atom stereocenters. The molecule has 0 saturated carbocycles. The molecule has 0 radical (unpaired) electrons. The Labute approximate surface area is 128 Å². The summed E-state index contributed by atoms with van der Waals surface area (Å²) in [5.74, 6) is 5.87. The molecule has 0 spiro atoms. The molecule has 4 nitrogen and oxygen atoms in total. The lowest BCUT2D eigenvalue weighted by molar-refractivity contribution is 0.420. The first-order valence-electron chi connectivity index (χ1n) is 6.86. The van der Waals surface area contributed by atoms with Crippen molar-refractivity contribution in [3.63, 3.8) is 0 Å². The molecule has 0 aliphatic heterocycles. The predicted octanol–water partition coefficient (Wildman–Crippen LogP) is 1.80. The summed E-state index contributed by atoms with van der Waals surface area (Å²) in [7, 11) is -1.66. The molecule has 1 rings (SSSR count). The molecule has 0 heterocycles. The minimum atomic E-state index is -3.27. The lowest BCUT2D eigenvalue weighted by atomic mass is 10.0. The SMILES string of the molecule is CN(Cc1cccc(C#CCN)c1)S(=O)(=O)CC(C)(C)C. The first kappa shape index (κ1) is 17.7. The maximum atomic E-state index is 12.3. The second-order valence-corrected chi connectivity index (χ2v) is 8.36. The van der Waals surface area contributed by atoms with Gasteiger partial charge >= 0.3 is 0 Å². The van der Waals surface area contributed by atoms with E-state index in [4.69, 9.17) is 5.73 Å². The van der Waals surface area contributed by atoms with Crippen LogP contribution in [0.15, 0.2) is 24.3 Å². The van der Waals surface area contributed by atoms with Gasteiger partial charge in [-0.05, 0) is 23.1 Å². The maximum Gasteiger partial charge on any atom is 0.214 e. The van der Waals surface area contributed by atoms with Crippen molar-refractivity contribution in [3.8, 4) is 11.8 Å². The molecule has 0 bridgehead atoms. The fourth-order valence-electron chi connectivity index (χ4n) is 1.91. The predicted molar refractivity (Wildman–Crippen MR) is 87.1 cm³/mol. The van der Waals surface area contributed by atoms with Gasteiger partial charge in [0.25, 0.3) is 0 Å². The Morgan fingerprint density at radius 1 is 1.29 bits per heavy atom. The van der Waals surface area contributed by atoms with Crippen LogP contribution in [0.4, 0.5) is 0 Å². The van der Waals surface area contributed by atoms with Crippen molar-refractivity contribution in [2.24, 2.45) is 11.1 Å². The van der Waals surface area contributed by atoms with Crippen LogP contribution in [0.3, 0.4) is 0 Å². The molecule has 2 N–H and O–H groups in total. The Bertz CT molecular complexity index is 634. The normalized spacial score (nSPS) is 12.1. The molecule has 116 valence electrons. The zero-order valence-corrected chi connectivity index (χ0v) is 14.0. The highest BCUT2D eigenvalue weighted by Gasteiger charge is 2.25. The molecule has 0 saturated heterocycles. The first-order chi connectivity index (χ1) is 9.64. The molecule has 0 aliphatic carbocycles. The van der Waals surface area contributed by atoms with Gasteiger partial charge in [0.05, 0.1) is 12.3 Å². The van der Waals surface area contributed by atoms with E-state index >= 15 is 0 Å². The van der Waals surface area contributed by atoms with Crippen molar-refractivity contribution in [2.45, 2.75) is 27.3 Å². The smallest absolute Gasteiger partial charge is 0.214 e. The van der Waals surface area contributed by atoms with Gasteiger partial charge in [-0.1, -0.05) is 44.7 Å². The summed E-state index contributed by atoms with van der Waals surface area (Å²) < 4.78 is 26.0. The molecule has 0 fully saturated rings. The third kappa shape index (κ3) is 6.30. The molecule has 1 aromatic rings. The van der Waals surface area contributed by atoms with Crippen LogP contribution in [0.1, 0.15) is 31.9 Å². The van der Waals surface area contributed by atoms with Crippen LogP contribution in [0.2, 0.25) is 0 Å². The van der Waals surface area contributed by atoms with Crippen LogP contribution in [0.5, 0.6) is 0 Å². The largest absolute Gasteiger partial charge is 0.320 e. The zero-order valence-electron chi connectivity index (χ0n) is 13.2. The summed E-state index contributed by atoms with van der Waals surface area (Å²) in [5.41, 5.74) is 6.85. The highest BCUT2D eigenvalue weighted by Crippen LogP contribution is 2.19.